The van der Waals surface area contributed by atoms with Crippen molar-refractivity contribution in [3.05, 3.63) is 94.3 Å². The molecule has 1 heterocycles. The average molecular weight is 468 g/mol. The van der Waals surface area contributed by atoms with E-state index in [9.17, 15) is 19.1 Å². The van der Waals surface area contributed by atoms with Gasteiger partial charge in [0.1, 0.15) is 28.6 Å². The zero-order valence-corrected chi connectivity index (χ0v) is 18.5. The Morgan fingerprint density at radius 1 is 0.970 bits per heavy atom. The molecule has 0 saturated carbocycles. The zero-order chi connectivity index (χ0) is 23.7. The third kappa shape index (κ3) is 3.81. The number of methoxy groups -OCH3 is 2. The second-order valence-corrected chi connectivity index (χ2v) is 7.64. The van der Waals surface area contributed by atoms with Gasteiger partial charge < -0.3 is 14.6 Å². The van der Waals surface area contributed by atoms with Gasteiger partial charge in [0.2, 0.25) is 0 Å². The first-order valence-corrected chi connectivity index (χ1v) is 10.3. The van der Waals surface area contributed by atoms with Crippen LogP contribution >= 0.6 is 11.6 Å². The summed E-state index contributed by atoms with van der Waals surface area (Å²) in [4.78, 5) is 27.5. The first kappa shape index (κ1) is 22.4. The molecule has 1 unspecified atom stereocenters. The normalized spacial score (nSPS) is 17.3. The van der Waals surface area contributed by atoms with Crippen LogP contribution in [0.25, 0.3) is 5.76 Å². The van der Waals surface area contributed by atoms with Gasteiger partial charge in [0.15, 0.2) is 0 Å². The zero-order valence-electron chi connectivity index (χ0n) is 17.7. The van der Waals surface area contributed by atoms with Gasteiger partial charge in [0.25, 0.3) is 11.7 Å². The van der Waals surface area contributed by atoms with E-state index in [1.807, 2.05) is 0 Å². The maximum absolute atomic E-state index is 15.0. The van der Waals surface area contributed by atoms with Crippen LogP contribution in [-0.2, 0) is 9.59 Å². The number of aliphatic hydroxyl groups is 1. The Hall–Kier alpha value is -3.84. The average Bonchev–Trinajstić information content (AvgIpc) is 3.08. The summed E-state index contributed by atoms with van der Waals surface area (Å²) in [7, 11) is 2.79. The second kappa shape index (κ2) is 8.96. The molecule has 0 spiro atoms. The lowest BCUT2D eigenvalue weighted by Crippen LogP contribution is -2.29. The van der Waals surface area contributed by atoms with E-state index in [-0.39, 0.29) is 33.9 Å². The number of anilines is 1. The summed E-state index contributed by atoms with van der Waals surface area (Å²) in [5, 5.41) is 11.7. The predicted molar refractivity (Wildman–Crippen MR) is 122 cm³/mol. The van der Waals surface area contributed by atoms with Crippen LogP contribution in [0.15, 0.2) is 72.3 Å². The molecule has 6 nitrogen and oxygen atoms in total. The van der Waals surface area contributed by atoms with Crippen LogP contribution in [0.1, 0.15) is 17.2 Å². The molecule has 0 aliphatic carbocycles. The fraction of sp³-hybridized carbons (Fsp3) is 0.120. The number of hydrogen-bond acceptors (Lipinski definition) is 5. The second-order valence-electron chi connectivity index (χ2n) is 7.21. The molecule has 4 rings (SSSR count). The summed E-state index contributed by atoms with van der Waals surface area (Å²) in [6.45, 7) is 0. The van der Waals surface area contributed by atoms with Crippen molar-refractivity contribution in [1.82, 2.24) is 0 Å². The fourth-order valence-electron chi connectivity index (χ4n) is 3.94. The van der Waals surface area contributed by atoms with Crippen molar-refractivity contribution >= 4 is 34.7 Å². The molecule has 0 radical (unpaired) electrons. The minimum Gasteiger partial charge on any atom is -0.506 e. The van der Waals surface area contributed by atoms with Crippen LogP contribution in [-0.4, -0.2) is 31.0 Å². The number of nitrogens with zero attached hydrogens (tertiary/aromatic N) is 1. The highest BCUT2D eigenvalue weighted by Gasteiger charge is 2.48. The predicted octanol–water partition coefficient (Wildman–Crippen LogP) is 5.12. The van der Waals surface area contributed by atoms with Crippen LogP contribution in [0.2, 0.25) is 5.02 Å². The Bertz CT molecular complexity index is 1270. The van der Waals surface area contributed by atoms with Crippen LogP contribution < -0.4 is 14.4 Å². The van der Waals surface area contributed by atoms with Crippen LogP contribution in [0.5, 0.6) is 11.5 Å². The summed E-state index contributed by atoms with van der Waals surface area (Å²) >= 11 is 6.11. The Kier molecular flexibility index (Phi) is 6.07. The van der Waals surface area contributed by atoms with Gasteiger partial charge in [-0.05, 0) is 36.4 Å². The van der Waals surface area contributed by atoms with Crippen molar-refractivity contribution in [2.45, 2.75) is 6.04 Å². The van der Waals surface area contributed by atoms with Gasteiger partial charge in [0, 0.05) is 16.3 Å². The fourth-order valence-corrected chi connectivity index (χ4v) is 4.12. The van der Waals surface area contributed by atoms with Crippen LogP contribution in [0, 0.1) is 5.82 Å². The minimum atomic E-state index is -1.25. The van der Waals surface area contributed by atoms with E-state index in [0.29, 0.717) is 5.02 Å². The van der Waals surface area contributed by atoms with Crippen molar-refractivity contribution in [1.29, 1.82) is 0 Å². The maximum atomic E-state index is 15.0. The molecule has 168 valence electrons. The summed E-state index contributed by atoms with van der Waals surface area (Å²) in [6.07, 6.45) is 0. The van der Waals surface area contributed by atoms with E-state index < -0.39 is 29.3 Å². The minimum absolute atomic E-state index is 0.0343. The summed E-state index contributed by atoms with van der Waals surface area (Å²) < 4.78 is 25.7. The molecule has 1 fully saturated rings. The number of rotatable bonds is 5. The lowest BCUT2D eigenvalue weighted by Gasteiger charge is -2.26. The third-order valence-corrected chi connectivity index (χ3v) is 5.63. The number of aliphatic hydroxyl groups excluding tert-OH is 1. The number of carbonyl (C=O) groups excluding carboxylic acids is 2. The first-order valence-electron chi connectivity index (χ1n) is 9.91. The van der Waals surface area contributed by atoms with E-state index in [1.54, 1.807) is 42.5 Å². The van der Waals surface area contributed by atoms with Crippen molar-refractivity contribution in [3.63, 3.8) is 0 Å². The molecule has 1 amide bonds. The van der Waals surface area contributed by atoms with Gasteiger partial charge in [-0.25, -0.2) is 4.39 Å². The molecule has 1 aliphatic heterocycles. The molecule has 3 aromatic carbocycles. The monoisotopic (exact) mass is 467 g/mol. The van der Waals surface area contributed by atoms with E-state index >= 15 is 0 Å². The number of amides is 1. The van der Waals surface area contributed by atoms with E-state index in [0.717, 1.165) is 4.90 Å². The van der Waals surface area contributed by atoms with Crippen LogP contribution in [0.3, 0.4) is 0 Å². The standard InChI is InChI=1S/C25H19ClFNO5/c1-32-18-11-6-12-19(33-2)20(18)23(29)21-22(16-9-3-4-10-17(16)27)28(25(31)24(21)30)15-8-5-7-14(26)13-15/h3-13,22,29H,1-2H3/b23-21+. The molecule has 1 saturated heterocycles. The van der Waals surface area contributed by atoms with Gasteiger partial charge in [-0.3, -0.25) is 14.5 Å². The number of hydrogen-bond donors (Lipinski definition) is 1. The lowest BCUT2D eigenvalue weighted by molar-refractivity contribution is -0.132. The molecule has 0 bridgehead atoms. The lowest BCUT2D eigenvalue weighted by atomic mass is 9.94. The van der Waals surface area contributed by atoms with Crippen molar-refractivity contribution in [3.8, 4) is 11.5 Å². The number of Topliss-reactive ketones (excluding diaryl/α,β-unsaturated/α-hetero) is 1. The molecular formula is C25H19ClFNO5. The SMILES string of the molecule is COc1cccc(OC)c1/C(O)=C1\C(=O)C(=O)N(c2cccc(Cl)c2)C1c1ccccc1F. The third-order valence-electron chi connectivity index (χ3n) is 5.40. The Morgan fingerprint density at radius 3 is 2.21 bits per heavy atom. The molecule has 8 heteroatoms. The molecule has 1 N–H and O–H groups in total. The Morgan fingerprint density at radius 2 is 1.61 bits per heavy atom. The molecule has 3 aromatic rings. The quantitative estimate of drug-likeness (QED) is 0.320. The summed E-state index contributed by atoms with van der Waals surface area (Å²) in [6, 6.07) is 15.6. The summed E-state index contributed by atoms with van der Waals surface area (Å²) in [5.74, 6) is -2.66. The van der Waals surface area contributed by atoms with Gasteiger partial charge in [-0.2, -0.15) is 0 Å². The number of carbonyl (C=O) groups is 2. The smallest absolute Gasteiger partial charge is 0.300 e. The number of benzene rings is 3. The van der Waals surface area contributed by atoms with E-state index in [2.05, 4.69) is 0 Å². The van der Waals surface area contributed by atoms with Crippen LogP contribution in [0.4, 0.5) is 10.1 Å². The summed E-state index contributed by atoms with van der Waals surface area (Å²) in [5.41, 5.74) is 0.0943. The maximum Gasteiger partial charge on any atom is 0.300 e. The topological polar surface area (TPSA) is 76.1 Å². The highest BCUT2D eigenvalue weighted by molar-refractivity contribution is 6.52. The molecule has 1 aliphatic rings. The van der Waals surface area contributed by atoms with Crippen molar-refractivity contribution in [2.24, 2.45) is 0 Å². The van der Waals surface area contributed by atoms with Crippen molar-refractivity contribution in [2.75, 3.05) is 19.1 Å². The first-order chi connectivity index (χ1) is 15.9. The molecule has 33 heavy (non-hydrogen) atoms. The largest absolute Gasteiger partial charge is 0.506 e. The van der Waals surface area contributed by atoms with Gasteiger partial charge in [-0.1, -0.05) is 41.9 Å². The molecular weight excluding hydrogens is 449 g/mol. The molecule has 0 aromatic heterocycles. The number of halogens is 2. The Labute approximate surface area is 194 Å². The van der Waals surface area contributed by atoms with Gasteiger partial charge >= 0.3 is 0 Å². The van der Waals surface area contributed by atoms with E-state index in [4.69, 9.17) is 21.1 Å². The van der Waals surface area contributed by atoms with Gasteiger partial charge in [-0.15, -0.1) is 0 Å². The number of ether oxygens (including phenoxy) is 2. The van der Waals surface area contributed by atoms with Crippen molar-refractivity contribution < 1.29 is 28.6 Å². The molecule has 1 atom stereocenters. The van der Waals surface area contributed by atoms with E-state index in [1.165, 1.54) is 38.5 Å². The highest BCUT2D eigenvalue weighted by Crippen LogP contribution is 2.45. The highest BCUT2D eigenvalue weighted by atomic mass is 35.5. The Balaban J connectivity index is 2.04. The number of ketones is 1. The van der Waals surface area contributed by atoms with Gasteiger partial charge in [0.05, 0.1) is 25.8 Å².